The van der Waals surface area contributed by atoms with Gasteiger partial charge in [-0.25, -0.2) is 8.42 Å². The molecule has 0 heterocycles. The Kier molecular flexibility index (Phi) is 10.9. The van der Waals surface area contributed by atoms with Gasteiger partial charge in [0.15, 0.2) is 0 Å². The number of amides is 2. The molecule has 224 valence electrons. The quantitative estimate of drug-likeness (QED) is 0.217. The van der Waals surface area contributed by atoms with Gasteiger partial charge in [0.05, 0.1) is 22.6 Å². The first kappa shape index (κ1) is 32.4. The Bertz CT molecular complexity index is 1550. The second-order valence-corrected chi connectivity index (χ2v) is 11.8. The Hall–Kier alpha value is -4.16. The lowest BCUT2D eigenvalue weighted by atomic mass is 10.1. The Morgan fingerprint density at radius 2 is 1.79 bits per heavy atom. The number of methoxy groups -OCH3 is 1. The predicted octanol–water partition coefficient (Wildman–Crippen LogP) is 4.70. The molecule has 0 unspecified atom stereocenters. The van der Waals surface area contributed by atoms with Crippen molar-refractivity contribution in [3.63, 3.8) is 0 Å². The lowest BCUT2D eigenvalue weighted by Gasteiger charge is -2.32. The van der Waals surface area contributed by atoms with Crippen molar-refractivity contribution in [2.45, 2.75) is 44.7 Å². The molecule has 0 aromatic heterocycles. The number of nitrogens with zero attached hydrogens (tertiary/aromatic N) is 3. The first-order valence-electron chi connectivity index (χ1n) is 13.1. The molecule has 1 atom stereocenters. The zero-order valence-electron chi connectivity index (χ0n) is 23.7. The predicted molar refractivity (Wildman–Crippen MR) is 160 cm³/mol. The number of halogens is 1. The lowest BCUT2D eigenvalue weighted by Crippen LogP contribution is -2.51. The molecule has 0 spiro atoms. The zero-order valence-corrected chi connectivity index (χ0v) is 25.3. The van der Waals surface area contributed by atoms with Crippen molar-refractivity contribution >= 4 is 44.8 Å². The summed E-state index contributed by atoms with van der Waals surface area (Å²) in [5.41, 5.74) is 0.546. The highest BCUT2D eigenvalue weighted by atomic mass is 35.5. The smallest absolute Gasteiger partial charge is 0.273 e. The third-order valence-corrected chi connectivity index (χ3v) is 8.56. The number of carbonyl (C=O) groups excluding carboxylic acids is 2. The van der Waals surface area contributed by atoms with Gasteiger partial charge < -0.3 is 15.0 Å². The average Bonchev–Trinajstić information content (AvgIpc) is 2.97. The number of ether oxygens (including phenoxy) is 1. The number of hydrogen-bond donors (Lipinski definition) is 1. The van der Waals surface area contributed by atoms with E-state index >= 15 is 0 Å². The molecule has 13 heteroatoms. The van der Waals surface area contributed by atoms with Crippen LogP contribution in [0.25, 0.3) is 0 Å². The highest BCUT2D eigenvalue weighted by Crippen LogP contribution is 2.36. The molecule has 0 aliphatic rings. The van der Waals surface area contributed by atoms with Crippen LogP contribution in [0.5, 0.6) is 5.75 Å². The number of aryl methyl sites for hydroxylation is 1. The minimum Gasteiger partial charge on any atom is -0.495 e. The van der Waals surface area contributed by atoms with E-state index in [9.17, 15) is 28.1 Å². The van der Waals surface area contributed by atoms with Crippen molar-refractivity contribution in [3.05, 3.63) is 93.0 Å². The van der Waals surface area contributed by atoms with Crippen molar-refractivity contribution in [1.82, 2.24) is 10.2 Å². The summed E-state index contributed by atoms with van der Waals surface area (Å²) in [6.07, 6.45) is 0.689. The number of hydrogen-bond acceptors (Lipinski definition) is 7. The second-order valence-electron chi connectivity index (χ2n) is 9.51. The van der Waals surface area contributed by atoms with E-state index in [0.29, 0.717) is 13.0 Å². The summed E-state index contributed by atoms with van der Waals surface area (Å²) in [7, 11) is -3.26. The molecule has 3 aromatic carbocycles. The Morgan fingerprint density at radius 3 is 2.40 bits per heavy atom. The van der Waals surface area contributed by atoms with Crippen LogP contribution >= 0.6 is 11.6 Å². The maximum Gasteiger partial charge on any atom is 0.273 e. The number of nitrogens with one attached hydrogen (secondary N) is 1. The molecule has 0 saturated heterocycles. The van der Waals surface area contributed by atoms with Crippen LogP contribution in [0.3, 0.4) is 0 Å². The van der Waals surface area contributed by atoms with Crippen LogP contribution in [-0.4, -0.2) is 56.3 Å². The summed E-state index contributed by atoms with van der Waals surface area (Å²) in [5, 5.41) is 14.5. The summed E-state index contributed by atoms with van der Waals surface area (Å²) < 4.78 is 34.4. The van der Waals surface area contributed by atoms with E-state index < -0.39 is 49.9 Å². The number of benzene rings is 3. The summed E-state index contributed by atoms with van der Waals surface area (Å²) in [4.78, 5) is 38.8. The van der Waals surface area contributed by atoms with Crippen LogP contribution in [0.15, 0.2) is 71.6 Å². The van der Waals surface area contributed by atoms with Crippen LogP contribution in [0.1, 0.15) is 31.4 Å². The number of carbonyl (C=O) groups is 2. The first-order valence-corrected chi connectivity index (χ1v) is 14.9. The number of rotatable bonds is 13. The minimum atomic E-state index is -4.60. The van der Waals surface area contributed by atoms with Crippen molar-refractivity contribution in [2.24, 2.45) is 0 Å². The molecule has 2 amide bonds. The molecule has 0 aliphatic carbocycles. The molecular weight excluding hydrogens is 584 g/mol. The third-order valence-electron chi connectivity index (χ3n) is 6.57. The fourth-order valence-electron chi connectivity index (χ4n) is 4.20. The normalized spacial score (nSPS) is 11.8. The number of anilines is 1. The van der Waals surface area contributed by atoms with Crippen LogP contribution in [-0.2, 0) is 26.2 Å². The van der Waals surface area contributed by atoms with Crippen molar-refractivity contribution in [3.8, 4) is 5.75 Å². The Balaban J connectivity index is 2.14. The Labute approximate surface area is 250 Å². The van der Waals surface area contributed by atoms with Crippen LogP contribution < -0.4 is 14.4 Å². The molecule has 0 radical (unpaired) electrons. The number of nitro benzene ring substituents is 1. The number of nitro groups is 1. The van der Waals surface area contributed by atoms with Gasteiger partial charge in [-0.2, -0.15) is 0 Å². The second kappa shape index (κ2) is 14.1. The molecule has 0 saturated carbocycles. The van der Waals surface area contributed by atoms with Gasteiger partial charge >= 0.3 is 0 Å². The van der Waals surface area contributed by atoms with Gasteiger partial charge in [0.25, 0.3) is 15.7 Å². The van der Waals surface area contributed by atoms with Crippen LogP contribution in [0.2, 0.25) is 5.02 Å². The number of sulfonamides is 1. The van der Waals surface area contributed by atoms with Crippen molar-refractivity contribution < 1.29 is 27.7 Å². The van der Waals surface area contributed by atoms with Gasteiger partial charge in [-0.15, -0.1) is 0 Å². The molecule has 3 aromatic rings. The van der Waals surface area contributed by atoms with E-state index in [1.54, 1.807) is 31.2 Å². The molecule has 0 aliphatic heterocycles. The molecule has 42 heavy (non-hydrogen) atoms. The SMILES string of the molecule is CCCNC(=O)[C@H](C)N(Cc1ccccc1)C(=O)CN(c1cc(Cl)ccc1OC)S(=O)(=O)c1ccc(C)c([N+](=O)[O-])c1. The van der Waals surface area contributed by atoms with Gasteiger partial charge in [-0.3, -0.25) is 24.0 Å². The first-order chi connectivity index (χ1) is 19.9. The monoisotopic (exact) mass is 616 g/mol. The summed E-state index contributed by atoms with van der Waals surface area (Å²) >= 11 is 6.23. The van der Waals surface area contributed by atoms with Gasteiger partial charge in [0, 0.05) is 29.7 Å². The zero-order chi connectivity index (χ0) is 31.0. The van der Waals surface area contributed by atoms with Gasteiger partial charge in [0.2, 0.25) is 11.8 Å². The van der Waals surface area contributed by atoms with Crippen LogP contribution in [0.4, 0.5) is 11.4 Å². The van der Waals surface area contributed by atoms with E-state index in [2.05, 4.69) is 5.32 Å². The van der Waals surface area contributed by atoms with E-state index in [0.717, 1.165) is 15.9 Å². The van der Waals surface area contributed by atoms with E-state index in [1.165, 1.54) is 49.3 Å². The highest BCUT2D eigenvalue weighted by Gasteiger charge is 2.34. The average molecular weight is 617 g/mol. The van der Waals surface area contributed by atoms with Gasteiger partial charge in [-0.1, -0.05) is 54.9 Å². The summed E-state index contributed by atoms with van der Waals surface area (Å²) in [6, 6.07) is 15.8. The molecule has 1 N–H and O–H groups in total. The minimum absolute atomic E-state index is 0.0248. The van der Waals surface area contributed by atoms with E-state index in [1.807, 2.05) is 13.0 Å². The molecule has 3 rings (SSSR count). The van der Waals surface area contributed by atoms with Crippen molar-refractivity contribution in [1.29, 1.82) is 0 Å². The fraction of sp³-hybridized carbons (Fsp3) is 0.310. The van der Waals surface area contributed by atoms with Crippen molar-refractivity contribution in [2.75, 3.05) is 24.5 Å². The van der Waals surface area contributed by atoms with E-state index in [-0.39, 0.29) is 28.6 Å². The lowest BCUT2D eigenvalue weighted by molar-refractivity contribution is -0.385. The fourth-order valence-corrected chi connectivity index (χ4v) is 5.81. The highest BCUT2D eigenvalue weighted by molar-refractivity contribution is 7.92. The van der Waals surface area contributed by atoms with Crippen LogP contribution in [0, 0.1) is 17.0 Å². The topological polar surface area (TPSA) is 139 Å². The van der Waals surface area contributed by atoms with Gasteiger partial charge in [0.1, 0.15) is 18.3 Å². The molecule has 0 fully saturated rings. The summed E-state index contributed by atoms with van der Waals surface area (Å²) in [6.45, 7) is 4.63. The molecule has 11 nitrogen and oxygen atoms in total. The van der Waals surface area contributed by atoms with E-state index in [4.69, 9.17) is 16.3 Å². The largest absolute Gasteiger partial charge is 0.495 e. The molecular formula is C29H33ClN4O7S. The van der Waals surface area contributed by atoms with Gasteiger partial charge in [-0.05, 0) is 50.1 Å². The molecule has 0 bridgehead atoms. The summed E-state index contributed by atoms with van der Waals surface area (Å²) in [5.74, 6) is -0.990. The third kappa shape index (κ3) is 7.56. The maximum absolute atomic E-state index is 14.1. The standard InChI is InChI=1S/C29H33ClN4O7S/c1-5-15-31-29(36)21(3)32(18-22-9-7-6-8-10-22)28(35)19-33(26-16-23(30)12-14-27(26)41-4)42(39,40)24-13-11-20(2)25(17-24)34(37)38/h6-14,16-17,21H,5,15,18-19H2,1-4H3,(H,31,36)/t21-/m0/s1. The Morgan fingerprint density at radius 1 is 1.10 bits per heavy atom. The maximum atomic E-state index is 14.1.